The number of nitrogens with two attached hydrogens (primary N) is 1. The molecule has 2 rings (SSSR count). The Labute approximate surface area is 137 Å². The molecule has 0 spiro atoms. The minimum Gasteiger partial charge on any atom is -0.330 e. The maximum absolute atomic E-state index is 12.7. The SMILES string of the molecule is Cl.Cn1cc(S(=O)(=O)N(CCCN)Cc2ccccc2)cn1. The first-order valence-corrected chi connectivity index (χ1v) is 8.21. The molecule has 0 aliphatic carbocycles. The van der Waals surface area contributed by atoms with E-state index in [1.165, 1.54) is 21.4 Å². The van der Waals surface area contributed by atoms with Gasteiger partial charge in [0.25, 0.3) is 0 Å². The molecule has 0 atom stereocenters. The molecule has 0 amide bonds. The molecule has 122 valence electrons. The summed E-state index contributed by atoms with van der Waals surface area (Å²) in [5.74, 6) is 0. The Morgan fingerprint density at radius 3 is 2.50 bits per heavy atom. The van der Waals surface area contributed by atoms with E-state index in [-0.39, 0.29) is 17.3 Å². The number of halogens is 1. The Morgan fingerprint density at radius 2 is 1.95 bits per heavy atom. The monoisotopic (exact) mass is 344 g/mol. The summed E-state index contributed by atoms with van der Waals surface area (Å²) in [6, 6.07) is 9.52. The lowest BCUT2D eigenvalue weighted by Crippen LogP contribution is -2.32. The third-order valence-electron chi connectivity index (χ3n) is 3.13. The fourth-order valence-electron chi connectivity index (χ4n) is 2.02. The first kappa shape index (κ1) is 18.6. The molecule has 0 saturated carbocycles. The number of sulfonamides is 1. The van der Waals surface area contributed by atoms with Gasteiger partial charge in [0.1, 0.15) is 4.90 Å². The first-order valence-electron chi connectivity index (χ1n) is 6.77. The molecule has 6 nitrogen and oxygen atoms in total. The van der Waals surface area contributed by atoms with Gasteiger partial charge in [-0.1, -0.05) is 30.3 Å². The first-order chi connectivity index (χ1) is 10.0. The number of aryl methyl sites for hydroxylation is 1. The zero-order valence-electron chi connectivity index (χ0n) is 12.4. The van der Waals surface area contributed by atoms with Gasteiger partial charge in [-0.25, -0.2) is 8.42 Å². The van der Waals surface area contributed by atoms with E-state index in [0.717, 1.165) is 5.56 Å². The Hall–Kier alpha value is -1.41. The summed E-state index contributed by atoms with van der Waals surface area (Å²) < 4.78 is 28.3. The highest BCUT2D eigenvalue weighted by Crippen LogP contribution is 2.18. The molecule has 0 saturated heterocycles. The summed E-state index contributed by atoms with van der Waals surface area (Å²) in [6.07, 6.45) is 3.50. The molecular weight excluding hydrogens is 324 g/mol. The predicted molar refractivity (Wildman–Crippen MR) is 88.2 cm³/mol. The molecule has 0 unspecified atom stereocenters. The Kier molecular flexibility index (Phi) is 7.02. The normalized spacial score (nSPS) is 11.4. The molecule has 2 aromatic rings. The second kappa shape index (κ2) is 8.28. The average Bonchev–Trinajstić information content (AvgIpc) is 2.92. The van der Waals surface area contributed by atoms with Gasteiger partial charge < -0.3 is 5.73 Å². The molecule has 8 heteroatoms. The van der Waals surface area contributed by atoms with Crippen LogP contribution >= 0.6 is 12.4 Å². The Bertz CT molecular complexity index is 673. The van der Waals surface area contributed by atoms with Crippen molar-refractivity contribution >= 4 is 22.4 Å². The van der Waals surface area contributed by atoms with Gasteiger partial charge in [0.15, 0.2) is 0 Å². The fraction of sp³-hybridized carbons (Fsp3) is 0.357. The van der Waals surface area contributed by atoms with Crippen molar-refractivity contribution < 1.29 is 8.42 Å². The molecule has 0 bridgehead atoms. The van der Waals surface area contributed by atoms with E-state index < -0.39 is 10.0 Å². The molecule has 0 radical (unpaired) electrons. The van der Waals surface area contributed by atoms with Gasteiger partial charge in [-0.2, -0.15) is 9.40 Å². The van der Waals surface area contributed by atoms with Gasteiger partial charge in [-0.3, -0.25) is 4.68 Å². The molecule has 1 heterocycles. The van der Waals surface area contributed by atoms with Crippen LogP contribution in [0.2, 0.25) is 0 Å². The molecule has 1 aromatic carbocycles. The summed E-state index contributed by atoms with van der Waals surface area (Å²) in [5, 5.41) is 3.94. The maximum atomic E-state index is 12.7. The van der Waals surface area contributed by atoms with E-state index in [2.05, 4.69) is 5.10 Å². The lowest BCUT2D eigenvalue weighted by molar-refractivity contribution is 0.401. The van der Waals surface area contributed by atoms with Gasteiger partial charge >= 0.3 is 0 Å². The predicted octanol–water partition coefficient (Wildman–Crippen LogP) is 1.38. The lowest BCUT2D eigenvalue weighted by atomic mass is 10.2. The third kappa shape index (κ3) is 4.54. The van der Waals surface area contributed by atoms with Crippen molar-refractivity contribution in [2.24, 2.45) is 12.8 Å². The van der Waals surface area contributed by atoms with E-state index in [0.29, 0.717) is 26.1 Å². The van der Waals surface area contributed by atoms with Crippen LogP contribution in [-0.4, -0.2) is 35.6 Å². The zero-order valence-corrected chi connectivity index (χ0v) is 14.1. The number of hydrogen-bond acceptors (Lipinski definition) is 4. The summed E-state index contributed by atoms with van der Waals surface area (Å²) in [5.41, 5.74) is 6.46. The van der Waals surface area contributed by atoms with Crippen molar-refractivity contribution in [1.29, 1.82) is 0 Å². The number of benzene rings is 1. The average molecular weight is 345 g/mol. The van der Waals surface area contributed by atoms with E-state index in [9.17, 15) is 8.42 Å². The van der Waals surface area contributed by atoms with Crippen LogP contribution in [-0.2, 0) is 23.6 Å². The van der Waals surface area contributed by atoms with E-state index in [4.69, 9.17) is 5.73 Å². The highest BCUT2D eigenvalue weighted by molar-refractivity contribution is 7.89. The van der Waals surface area contributed by atoms with Crippen molar-refractivity contribution in [3.8, 4) is 0 Å². The quantitative estimate of drug-likeness (QED) is 0.822. The highest BCUT2D eigenvalue weighted by atomic mass is 35.5. The topological polar surface area (TPSA) is 81.2 Å². The second-order valence-electron chi connectivity index (χ2n) is 4.82. The molecule has 22 heavy (non-hydrogen) atoms. The number of hydrogen-bond donors (Lipinski definition) is 1. The minimum atomic E-state index is -3.56. The van der Waals surface area contributed by atoms with Crippen LogP contribution in [0.25, 0.3) is 0 Å². The van der Waals surface area contributed by atoms with Gasteiger partial charge in [0.2, 0.25) is 10.0 Å². The van der Waals surface area contributed by atoms with Crippen molar-refractivity contribution in [3.05, 3.63) is 48.3 Å². The van der Waals surface area contributed by atoms with Crippen molar-refractivity contribution in [3.63, 3.8) is 0 Å². The van der Waals surface area contributed by atoms with Crippen molar-refractivity contribution in [2.75, 3.05) is 13.1 Å². The van der Waals surface area contributed by atoms with E-state index in [1.54, 1.807) is 7.05 Å². The summed E-state index contributed by atoms with van der Waals surface area (Å²) in [6.45, 7) is 1.18. The minimum absolute atomic E-state index is 0. The van der Waals surface area contributed by atoms with Gasteiger partial charge in [0.05, 0.1) is 6.20 Å². The molecule has 1 aromatic heterocycles. The van der Waals surface area contributed by atoms with Gasteiger partial charge in [-0.05, 0) is 18.5 Å². The highest BCUT2D eigenvalue weighted by Gasteiger charge is 2.25. The Balaban J connectivity index is 0.00000242. The van der Waals surface area contributed by atoms with E-state index in [1.807, 2.05) is 30.3 Å². The van der Waals surface area contributed by atoms with Crippen LogP contribution in [0.15, 0.2) is 47.6 Å². The zero-order chi connectivity index (χ0) is 15.3. The third-order valence-corrected chi connectivity index (χ3v) is 4.93. The number of aromatic nitrogens is 2. The molecular formula is C14H21ClN4O2S. The van der Waals surface area contributed by atoms with Crippen LogP contribution in [0.5, 0.6) is 0 Å². The largest absolute Gasteiger partial charge is 0.330 e. The summed E-state index contributed by atoms with van der Waals surface area (Å²) in [7, 11) is -1.86. The van der Waals surface area contributed by atoms with Crippen LogP contribution in [0.4, 0.5) is 0 Å². The van der Waals surface area contributed by atoms with Crippen LogP contribution in [0.1, 0.15) is 12.0 Å². The lowest BCUT2D eigenvalue weighted by Gasteiger charge is -2.21. The van der Waals surface area contributed by atoms with Gasteiger partial charge in [0, 0.05) is 26.3 Å². The molecule has 0 aliphatic rings. The van der Waals surface area contributed by atoms with Crippen molar-refractivity contribution in [2.45, 2.75) is 17.9 Å². The molecule has 0 fully saturated rings. The Morgan fingerprint density at radius 1 is 1.27 bits per heavy atom. The van der Waals surface area contributed by atoms with Crippen molar-refractivity contribution in [1.82, 2.24) is 14.1 Å². The maximum Gasteiger partial charge on any atom is 0.246 e. The van der Waals surface area contributed by atoms with Crippen LogP contribution < -0.4 is 5.73 Å². The smallest absolute Gasteiger partial charge is 0.246 e. The summed E-state index contributed by atoms with van der Waals surface area (Å²) in [4.78, 5) is 0.206. The standard InChI is InChI=1S/C14H20N4O2S.ClH/c1-17-12-14(10-16-17)21(19,20)18(9-5-8-15)11-13-6-3-2-4-7-13;/h2-4,6-7,10,12H,5,8-9,11,15H2,1H3;1H. The van der Waals surface area contributed by atoms with Crippen LogP contribution in [0.3, 0.4) is 0 Å². The summed E-state index contributed by atoms with van der Waals surface area (Å²) >= 11 is 0. The fourth-order valence-corrected chi connectivity index (χ4v) is 3.47. The van der Waals surface area contributed by atoms with E-state index >= 15 is 0 Å². The number of nitrogens with zero attached hydrogens (tertiary/aromatic N) is 3. The van der Waals surface area contributed by atoms with Crippen LogP contribution in [0, 0.1) is 0 Å². The molecule has 2 N–H and O–H groups in total. The van der Waals surface area contributed by atoms with Gasteiger partial charge in [-0.15, -0.1) is 12.4 Å². The second-order valence-corrected chi connectivity index (χ2v) is 6.75. The molecule has 0 aliphatic heterocycles. The number of rotatable bonds is 7.